The number of amides is 1. The Morgan fingerprint density at radius 1 is 1.24 bits per heavy atom. The lowest BCUT2D eigenvalue weighted by Crippen LogP contribution is -2.13. The van der Waals surface area contributed by atoms with E-state index in [2.05, 4.69) is 26.4 Å². The fraction of sp³-hybridized carbons (Fsp3) is 0.0667. The molecule has 2 rings (SSSR count). The number of nitrogens with one attached hydrogen (secondary N) is 1. The van der Waals surface area contributed by atoms with Gasteiger partial charge in [-0.15, -0.1) is 0 Å². The molecule has 6 heteroatoms. The van der Waals surface area contributed by atoms with Crippen LogP contribution in [0.2, 0.25) is 0 Å². The zero-order valence-electron chi connectivity index (χ0n) is 11.1. The lowest BCUT2D eigenvalue weighted by atomic mass is 10.1. The highest BCUT2D eigenvalue weighted by atomic mass is 79.9. The monoisotopic (exact) mass is 350 g/mol. The molecular weight excluding hydrogens is 339 g/mol. The summed E-state index contributed by atoms with van der Waals surface area (Å²) in [5.41, 5.74) is 1.99. The molecule has 0 aromatic heterocycles. The maximum absolute atomic E-state index is 13.2. The van der Waals surface area contributed by atoms with Crippen LogP contribution in [0, 0.1) is 5.82 Å². The highest BCUT2D eigenvalue weighted by Crippen LogP contribution is 2.20. The Hall–Kier alpha value is -2.21. The van der Waals surface area contributed by atoms with Crippen molar-refractivity contribution < 1.29 is 14.4 Å². The molecular formula is C15H12BrFN2O2. The molecule has 1 amide bonds. The van der Waals surface area contributed by atoms with E-state index in [0.29, 0.717) is 15.9 Å². The van der Waals surface area contributed by atoms with Crippen molar-refractivity contribution in [2.75, 3.05) is 5.32 Å². The molecule has 0 bridgehead atoms. The Morgan fingerprint density at radius 2 is 1.90 bits per heavy atom. The van der Waals surface area contributed by atoms with Gasteiger partial charge in [0.2, 0.25) is 0 Å². The van der Waals surface area contributed by atoms with Crippen molar-refractivity contribution in [1.82, 2.24) is 0 Å². The molecule has 0 aliphatic rings. The van der Waals surface area contributed by atoms with Crippen LogP contribution < -0.4 is 5.32 Å². The quantitative estimate of drug-likeness (QED) is 0.498. The fourth-order valence-corrected chi connectivity index (χ4v) is 2.15. The van der Waals surface area contributed by atoms with Gasteiger partial charge in [0.15, 0.2) is 0 Å². The van der Waals surface area contributed by atoms with Crippen LogP contribution in [0.5, 0.6) is 0 Å². The second kappa shape index (κ2) is 6.49. The molecule has 0 unspecified atom stereocenters. The Bertz CT molecular complexity index is 699. The third-order valence-corrected chi connectivity index (χ3v) is 3.58. The summed E-state index contributed by atoms with van der Waals surface area (Å²) in [6.07, 6.45) is 0. The van der Waals surface area contributed by atoms with E-state index in [0.717, 1.165) is 11.6 Å². The van der Waals surface area contributed by atoms with Gasteiger partial charge in [-0.3, -0.25) is 4.79 Å². The van der Waals surface area contributed by atoms with Gasteiger partial charge in [-0.2, -0.15) is 0 Å². The van der Waals surface area contributed by atoms with E-state index in [9.17, 15) is 9.18 Å². The summed E-state index contributed by atoms with van der Waals surface area (Å²) in [5.74, 6) is -0.893. The van der Waals surface area contributed by atoms with Crippen LogP contribution in [0.1, 0.15) is 22.8 Å². The van der Waals surface area contributed by atoms with Crippen LogP contribution in [-0.4, -0.2) is 16.8 Å². The zero-order valence-corrected chi connectivity index (χ0v) is 12.7. The van der Waals surface area contributed by atoms with E-state index in [1.165, 1.54) is 12.1 Å². The minimum Gasteiger partial charge on any atom is -0.411 e. The molecule has 4 nitrogen and oxygen atoms in total. The standard InChI is InChI=1S/C15H12BrFN2O2/c1-9(19-21)10-2-5-12(6-3-10)18-15(20)13-8-11(17)4-7-14(13)16/h2-8,21H,1H3,(H,18,20)/b19-9+. The Morgan fingerprint density at radius 3 is 2.52 bits per heavy atom. The average Bonchev–Trinajstić information content (AvgIpc) is 2.49. The van der Waals surface area contributed by atoms with Crippen molar-refractivity contribution in [1.29, 1.82) is 0 Å². The molecule has 0 radical (unpaired) electrons. The van der Waals surface area contributed by atoms with Gasteiger partial charge < -0.3 is 10.5 Å². The van der Waals surface area contributed by atoms with Gasteiger partial charge in [-0.25, -0.2) is 4.39 Å². The Kier molecular flexibility index (Phi) is 4.70. The molecule has 0 heterocycles. The number of hydrogen-bond acceptors (Lipinski definition) is 3. The van der Waals surface area contributed by atoms with Crippen LogP contribution in [0.3, 0.4) is 0 Å². The van der Waals surface area contributed by atoms with Crippen molar-refractivity contribution in [3.05, 3.63) is 63.9 Å². The largest absolute Gasteiger partial charge is 0.411 e. The maximum atomic E-state index is 13.2. The summed E-state index contributed by atoms with van der Waals surface area (Å²) in [6.45, 7) is 1.66. The predicted octanol–water partition coefficient (Wildman–Crippen LogP) is 4.04. The summed E-state index contributed by atoms with van der Waals surface area (Å²) >= 11 is 3.21. The second-order valence-corrected chi connectivity index (χ2v) is 5.20. The first-order valence-electron chi connectivity index (χ1n) is 6.07. The lowest BCUT2D eigenvalue weighted by Gasteiger charge is -2.08. The van der Waals surface area contributed by atoms with Crippen molar-refractivity contribution >= 4 is 33.2 Å². The molecule has 0 saturated carbocycles. The van der Waals surface area contributed by atoms with Gasteiger partial charge in [0, 0.05) is 10.2 Å². The summed E-state index contributed by atoms with van der Waals surface area (Å²) in [6, 6.07) is 10.7. The third-order valence-electron chi connectivity index (χ3n) is 2.88. The van der Waals surface area contributed by atoms with Crippen molar-refractivity contribution in [3.8, 4) is 0 Å². The molecule has 2 aromatic carbocycles. The van der Waals surface area contributed by atoms with E-state index < -0.39 is 11.7 Å². The Balaban J connectivity index is 2.18. The van der Waals surface area contributed by atoms with Gasteiger partial charge in [-0.05, 0) is 58.7 Å². The minimum absolute atomic E-state index is 0.215. The molecule has 0 aliphatic heterocycles. The van der Waals surface area contributed by atoms with E-state index in [1.54, 1.807) is 31.2 Å². The van der Waals surface area contributed by atoms with E-state index >= 15 is 0 Å². The van der Waals surface area contributed by atoms with Crippen molar-refractivity contribution in [2.24, 2.45) is 5.16 Å². The molecule has 0 fully saturated rings. The number of anilines is 1. The van der Waals surface area contributed by atoms with E-state index in [1.807, 2.05) is 0 Å². The third kappa shape index (κ3) is 3.66. The number of carbonyl (C=O) groups is 1. The number of oxime groups is 1. The number of hydrogen-bond donors (Lipinski definition) is 2. The first-order chi connectivity index (χ1) is 10.0. The summed E-state index contributed by atoms with van der Waals surface area (Å²) in [5, 5.41) is 14.5. The van der Waals surface area contributed by atoms with Gasteiger partial charge >= 0.3 is 0 Å². The molecule has 2 N–H and O–H groups in total. The molecule has 0 spiro atoms. The average molecular weight is 351 g/mol. The van der Waals surface area contributed by atoms with Crippen LogP contribution in [0.15, 0.2) is 52.1 Å². The highest BCUT2D eigenvalue weighted by molar-refractivity contribution is 9.10. The van der Waals surface area contributed by atoms with Crippen LogP contribution in [0.25, 0.3) is 0 Å². The summed E-state index contributed by atoms with van der Waals surface area (Å²) < 4.78 is 13.7. The van der Waals surface area contributed by atoms with E-state index in [4.69, 9.17) is 5.21 Å². The molecule has 21 heavy (non-hydrogen) atoms. The highest BCUT2D eigenvalue weighted by Gasteiger charge is 2.11. The second-order valence-electron chi connectivity index (χ2n) is 4.34. The van der Waals surface area contributed by atoms with Crippen LogP contribution >= 0.6 is 15.9 Å². The lowest BCUT2D eigenvalue weighted by molar-refractivity contribution is 0.102. The number of halogens is 2. The number of rotatable bonds is 3. The normalized spacial score (nSPS) is 11.3. The SMILES string of the molecule is C/C(=N\O)c1ccc(NC(=O)c2cc(F)ccc2Br)cc1. The zero-order chi connectivity index (χ0) is 15.4. The van der Waals surface area contributed by atoms with E-state index in [-0.39, 0.29) is 5.56 Å². The summed E-state index contributed by atoms with van der Waals surface area (Å²) in [4.78, 5) is 12.1. The van der Waals surface area contributed by atoms with Crippen molar-refractivity contribution in [3.63, 3.8) is 0 Å². The molecule has 2 aromatic rings. The predicted molar refractivity (Wildman–Crippen MR) is 82.5 cm³/mol. The molecule has 0 saturated heterocycles. The summed E-state index contributed by atoms with van der Waals surface area (Å²) in [7, 11) is 0. The molecule has 108 valence electrons. The number of benzene rings is 2. The number of nitrogens with zero attached hydrogens (tertiary/aromatic N) is 1. The van der Waals surface area contributed by atoms with Crippen LogP contribution in [-0.2, 0) is 0 Å². The van der Waals surface area contributed by atoms with Gasteiger partial charge in [-0.1, -0.05) is 17.3 Å². The molecule has 0 atom stereocenters. The number of carbonyl (C=O) groups excluding carboxylic acids is 1. The topological polar surface area (TPSA) is 61.7 Å². The first-order valence-corrected chi connectivity index (χ1v) is 6.86. The molecule has 0 aliphatic carbocycles. The minimum atomic E-state index is -0.478. The van der Waals surface area contributed by atoms with Crippen LogP contribution in [0.4, 0.5) is 10.1 Å². The fourth-order valence-electron chi connectivity index (χ4n) is 1.72. The first kappa shape index (κ1) is 15.2. The van der Waals surface area contributed by atoms with Gasteiger partial charge in [0.05, 0.1) is 11.3 Å². The van der Waals surface area contributed by atoms with Gasteiger partial charge in [0.1, 0.15) is 5.82 Å². The van der Waals surface area contributed by atoms with Gasteiger partial charge in [0.25, 0.3) is 5.91 Å². The Labute approximate surface area is 129 Å². The van der Waals surface area contributed by atoms with Crippen molar-refractivity contribution in [2.45, 2.75) is 6.92 Å². The maximum Gasteiger partial charge on any atom is 0.256 e. The smallest absolute Gasteiger partial charge is 0.256 e.